The van der Waals surface area contributed by atoms with Crippen molar-refractivity contribution in [2.24, 2.45) is 5.92 Å². The van der Waals surface area contributed by atoms with Gasteiger partial charge in [-0.2, -0.15) is 5.10 Å². The van der Waals surface area contributed by atoms with Gasteiger partial charge in [-0.25, -0.2) is 4.98 Å². The van der Waals surface area contributed by atoms with E-state index in [1.807, 2.05) is 18.2 Å². The maximum Gasteiger partial charge on any atom is 0.262 e. The number of fused-ring (bicyclic) bond motifs is 2. The van der Waals surface area contributed by atoms with Gasteiger partial charge in [0.15, 0.2) is 0 Å². The number of amides is 4. The Hall–Kier alpha value is -5.21. The SMILES string of the molecule is O=C1CCC(N2C(=O)c3ccc(NC[C@H]4C[C@H](n5cc(-c6cnc7c(NCC(O)CO)cccc7n6)c(C6CC6)n5)C4)cc3C2=O)C(=O)N1. The highest BCUT2D eigenvalue weighted by Gasteiger charge is 2.44. The molecule has 2 aliphatic carbocycles. The van der Waals surface area contributed by atoms with Crippen LogP contribution in [0.5, 0.6) is 0 Å². The van der Waals surface area contributed by atoms with Gasteiger partial charge in [0.25, 0.3) is 11.8 Å². The molecule has 2 aromatic heterocycles. The minimum absolute atomic E-state index is 0.0806. The summed E-state index contributed by atoms with van der Waals surface area (Å²) in [6, 6.07) is 10.00. The predicted octanol–water partition coefficient (Wildman–Crippen LogP) is 2.60. The Kier molecular flexibility index (Phi) is 7.83. The lowest BCUT2D eigenvalue weighted by Gasteiger charge is -2.35. The van der Waals surface area contributed by atoms with Crippen LogP contribution in [-0.2, 0) is 9.59 Å². The van der Waals surface area contributed by atoms with Crippen molar-refractivity contribution in [1.29, 1.82) is 0 Å². The van der Waals surface area contributed by atoms with Crippen LogP contribution in [0.2, 0.25) is 0 Å². The summed E-state index contributed by atoms with van der Waals surface area (Å²) < 4.78 is 2.07. The number of nitrogens with one attached hydrogen (secondary N) is 3. The summed E-state index contributed by atoms with van der Waals surface area (Å²) in [4.78, 5) is 60.7. The molecule has 1 saturated heterocycles. The fraction of sp³-hybridized carbons (Fsp3) is 0.400. The third-order valence-electron chi connectivity index (χ3n) is 9.93. The van der Waals surface area contributed by atoms with E-state index >= 15 is 0 Å². The van der Waals surface area contributed by atoms with Crippen LogP contribution in [0.3, 0.4) is 0 Å². The Morgan fingerprint density at radius 3 is 2.57 bits per heavy atom. The number of hydrogen-bond acceptors (Lipinski definition) is 11. The second-order valence-corrected chi connectivity index (χ2v) is 13.4. The van der Waals surface area contributed by atoms with Gasteiger partial charge in [-0.05, 0) is 68.4 Å². The molecule has 2 unspecified atom stereocenters. The zero-order valence-electron chi connectivity index (χ0n) is 26.6. The van der Waals surface area contributed by atoms with Gasteiger partial charge in [-0.15, -0.1) is 0 Å². The van der Waals surface area contributed by atoms with Crippen LogP contribution in [0.1, 0.15) is 76.9 Å². The molecule has 4 aromatic rings. The average molecular weight is 665 g/mol. The van der Waals surface area contributed by atoms with Crippen molar-refractivity contribution >= 4 is 46.0 Å². The number of piperidine rings is 1. The lowest BCUT2D eigenvalue weighted by atomic mass is 9.80. The molecule has 4 heterocycles. The third-order valence-corrected chi connectivity index (χ3v) is 9.93. The first kappa shape index (κ1) is 31.1. The lowest BCUT2D eigenvalue weighted by molar-refractivity contribution is -0.136. The van der Waals surface area contributed by atoms with Gasteiger partial charge in [-0.3, -0.25) is 39.1 Å². The Bertz CT molecular complexity index is 2000. The molecule has 8 rings (SSSR count). The van der Waals surface area contributed by atoms with Crippen LogP contribution in [0.4, 0.5) is 11.4 Å². The summed E-state index contributed by atoms with van der Waals surface area (Å²) in [5.41, 5.74) is 6.23. The van der Waals surface area contributed by atoms with Crippen molar-refractivity contribution < 1.29 is 29.4 Å². The third kappa shape index (κ3) is 5.80. The highest BCUT2D eigenvalue weighted by molar-refractivity contribution is 6.23. The average Bonchev–Trinajstić information content (AvgIpc) is 3.79. The zero-order chi connectivity index (χ0) is 33.8. The van der Waals surface area contributed by atoms with Gasteiger partial charge in [0.2, 0.25) is 11.8 Å². The minimum Gasteiger partial charge on any atom is -0.394 e. The zero-order valence-corrected chi connectivity index (χ0v) is 26.6. The number of rotatable bonds is 11. The minimum atomic E-state index is -0.987. The number of para-hydroxylation sites is 1. The van der Waals surface area contributed by atoms with E-state index in [2.05, 4.69) is 26.8 Å². The number of carbonyl (C=O) groups excluding carboxylic acids is 4. The van der Waals surface area contributed by atoms with Crippen molar-refractivity contribution in [3.05, 3.63) is 65.6 Å². The highest BCUT2D eigenvalue weighted by atomic mass is 16.3. The van der Waals surface area contributed by atoms with E-state index in [0.29, 0.717) is 23.9 Å². The highest BCUT2D eigenvalue weighted by Crippen LogP contribution is 2.46. The molecule has 5 N–H and O–H groups in total. The second-order valence-electron chi connectivity index (χ2n) is 13.4. The van der Waals surface area contributed by atoms with Crippen molar-refractivity contribution in [1.82, 2.24) is 30.0 Å². The molecule has 0 spiro atoms. The van der Waals surface area contributed by atoms with Crippen LogP contribution >= 0.6 is 0 Å². The largest absolute Gasteiger partial charge is 0.394 e. The molecule has 0 radical (unpaired) electrons. The van der Waals surface area contributed by atoms with E-state index in [1.165, 1.54) is 0 Å². The molecule has 2 atom stereocenters. The second kappa shape index (κ2) is 12.3. The topological polar surface area (TPSA) is 192 Å². The molecule has 4 aliphatic rings. The van der Waals surface area contributed by atoms with Crippen LogP contribution in [0, 0.1) is 5.92 Å². The molecule has 252 valence electrons. The summed E-state index contributed by atoms with van der Waals surface area (Å²) in [5, 5.41) is 32.7. The predicted molar refractivity (Wildman–Crippen MR) is 178 cm³/mol. The van der Waals surface area contributed by atoms with Crippen molar-refractivity contribution in [3.63, 3.8) is 0 Å². The normalized spacial score (nSPS) is 22.6. The molecule has 4 amide bonds. The van der Waals surface area contributed by atoms with Crippen molar-refractivity contribution in [3.8, 4) is 11.3 Å². The van der Waals surface area contributed by atoms with Gasteiger partial charge in [0, 0.05) is 42.9 Å². The quantitative estimate of drug-likeness (QED) is 0.148. The molecule has 3 fully saturated rings. The van der Waals surface area contributed by atoms with Gasteiger partial charge < -0.3 is 20.8 Å². The molecule has 14 heteroatoms. The smallest absolute Gasteiger partial charge is 0.262 e. The van der Waals surface area contributed by atoms with Crippen LogP contribution in [0.15, 0.2) is 48.8 Å². The lowest BCUT2D eigenvalue weighted by Crippen LogP contribution is -2.54. The van der Waals surface area contributed by atoms with E-state index in [9.17, 15) is 24.3 Å². The molecular weight excluding hydrogens is 628 g/mol. The number of imide groups is 2. The summed E-state index contributed by atoms with van der Waals surface area (Å²) in [6.07, 6.45) is 7.27. The van der Waals surface area contributed by atoms with Gasteiger partial charge in [0.05, 0.1) is 58.7 Å². The Labute approximate surface area is 280 Å². The fourth-order valence-corrected chi connectivity index (χ4v) is 6.98. The number of anilines is 2. The number of aromatic nitrogens is 4. The summed E-state index contributed by atoms with van der Waals surface area (Å²) >= 11 is 0. The number of nitrogens with zero attached hydrogens (tertiary/aromatic N) is 5. The van der Waals surface area contributed by atoms with Crippen LogP contribution < -0.4 is 16.0 Å². The molecule has 49 heavy (non-hydrogen) atoms. The summed E-state index contributed by atoms with van der Waals surface area (Å²) in [6.45, 7) is 0.572. The summed E-state index contributed by atoms with van der Waals surface area (Å²) in [5.74, 6) is -1.25. The van der Waals surface area contributed by atoms with E-state index in [4.69, 9.17) is 20.2 Å². The van der Waals surface area contributed by atoms with E-state index in [-0.39, 0.29) is 43.2 Å². The molecule has 0 bridgehead atoms. The monoisotopic (exact) mass is 664 g/mol. The van der Waals surface area contributed by atoms with Gasteiger partial charge >= 0.3 is 0 Å². The van der Waals surface area contributed by atoms with Crippen molar-refractivity contribution in [2.75, 3.05) is 30.3 Å². The molecular formula is C35H36N8O6. The Morgan fingerprint density at radius 2 is 1.80 bits per heavy atom. The van der Waals surface area contributed by atoms with Gasteiger partial charge in [0.1, 0.15) is 11.6 Å². The maximum atomic E-state index is 13.2. The fourth-order valence-electron chi connectivity index (χ4n) is 6.98. The standard InChI is InChI=1S/C35H36N8O6/c44-17-22(45)14-37-26-2-1-3-27-32(26)38-15-28(39-27)25-16-42(41-31(25)19-4-5-19)21-10-18(11-21)13-36-20-6-7-23-24(12-20)35(49)43(34(23)48)29-8-9-30(46)40-33(29)47/h1-3,6-7,12,15-16,18-19,21-22,29,36-37,44-45H,4-5,8-11,13-14,17H2,(H,40,46,47)/t18-,21-,22?,29?. The summed E-state index contributed by atoms with van der Waals surface area (Å²) in [7, 11) is 0. The number of benzene rings is 2. The molecule has 2 aliphatic heterocycles. The number of aliphatic hydroxyl groups is 2. The first-order chi connectivity index (χ1) is 23.8. The number of carbonyl (C=O) groups is 4. The number of hydrogen-bond donors (Lipinski definition) is 5. The van der Waals surface area contributed by atoms with E-state index in [0.717, 1.165) is 64.4 Å². The number of aliphatic hydroxyl groups excluding tert-OH is 2. The van der Waals surface area contributed by atoms with Gasteiger partial charge in [-0.1, -0.05) is 6.07 Å². The van der Waals surface area contributed by atoms with Crippen LogP contribution in [-0.4, -0.2) is 90.3 Å². The first-order valence-electron chi connectivity index (χ1n) is 16.7. The molecule has 2 aromatic carbocycles. The first-order valence-corrected chi connectivity index (χ1v) is 16.7. The Morgan fingerprint density at radius 1 is 0.980 bits per heavy atom. The molecule has 14 nitrogen and oxygen atoms in total. The van der Waals surface area contributed by atoms with E-state index in [1.54, 1.807) is 24.4 Å². The molecule has 2 saturated carbocycles. The van der Waals surface area contributed by atoms with Crippen LogP contribution in [0.25, 0.3) is 22.3 Å². The van der Waals surface area contributed by atoms with E-state index < -0.39 is 35.8 Å². The maximum absolute atomic E-state index is 13.2. The van der Waals surface area contributed by atoms with Crippen molar-refractivity contribution in [2.45, 2.75) is 62.6 Å². The Balaban J connectivity index is 0.917.